The second kappa shape index (κ2) is 10.1. The number of hydrogen-bond donors (Lipinski definition) is 3. The zero-order chi connectivity index (χ0) is 18.2. The quantitative estimate of drug-likeness (QED) is 0.303. The average Bonchev–Trinajstić information content (AvgIpc) is 2.49. The first kappa shape index (κ1) is 21.1. The fourth-order valence-electron chi connectivity index (χ4n) is 3.28. The normalized spacial score (nSPS) is 26.5. The third-order valence-corrected chi connectivity index (χ3v) is 4.97. The van der Waals surface area contributed by atoms with Gasteiger partial charge in [-0.3, -0.25) is 8.98 Å². The average molecular weight is 364 g/mol. The summed E-state index contributed by atoms with van der Waals surface area (Å²) in [6.45, 7) is -0.366. The molecule has 0 aromatic heterocycles. The van der Waals surface area contributed by atoms with Gasteiger partial charge in [0, 0.05) is 6.42 Å². The van der Waals surface area contributed by atoms with Gasteiger partial charge in [-0.05, 0) is 43.9 Å². The summed E-state index contributed by atoms with van der Waals surface area (Å²) in [5.41, 5.74) is 0. The van der Waals surface area contributed by atoms with Gasteiger partial charge in [-0.15, -0.1) is 0 Å². The van der Waals surface area contributed by atoms with Crippen molar-refractivity contribution in [3.63, 3.8) is 0 Å². The Morgan fingerprint density at radius 1 is 1.33 bits per heavy atom. The van der Waals surface area contributed by atoms with E-state index >= 15 is 0 Å². The third kappa shape index (κ3) is 7.74. The molecule has 0 heterocycles. The van der Waals surface area contributed by atoms with Crippen LogP contribution in [0.15, 0.2) is 12.2 Å². The first-order chi connectivity index (χ1) is 11.2. The van der Waals surface area contributed by atoms with Crippen molar-refractivity contribution >= 4 is 16.1 Å². The SMILES string of the molecule is CS(=O)(=O)O[C@H]1CCC[C@@H](C(O)CO)C1CC=CCCCC(=O)O. The second-order valence-corrected chi connectivity index (χ2v) is 7.94. The van der Waals surface area contributed by atoms with Crippen LogP contribution < -0.4 is 0 Å². The highest BCUT2D eigenvalue weighted by atomic mass is 32.2. The molecule has 4 atom stereocenters. The molecule has 1 rings (SSSR count). The molecule has 1 aliphatic carbocycles. The molecule has 0 aliphatic heterocycles. The van der Waals surface area contributed by atoms with Gasteiger partial charge < -0.3 is 15.3 Å². The number of carbonyl (C=O) groups is 1. The van der Waals surface area contributed by atoms with Crippen LogP contribution >= 0.6 is 0 Å². The van der Waals surface area contributed by atoms with Crippen LogP contribution in [-0.4, -0.2) is 54.8 Å². The van der Waals surface area contributed by atoms with Crippen molar-refractivity contribution in [1.29, 1.82) is 0 Å². The molecular weight excluding hydrogens is 336 g/mol. The van der Waals surface area contributed by atoms with Gasteiger partial charge in [0.2, 0.25) is 0 Å². The maximum Gasteiger partial charge on any atom is 0.303 e. The smallest absolute Gasteiger partial charge is 0.303 e. The molecule has 8 heteroatoms. The largest absolute Gasteiger partial charge is 0.481 e. The topological polar surface area (TPSA) is 121 Å². The first-order valence-electron chi connectivity index (χ1n) is 8.28. The van der Waals surface area contributed by atoms with Crippen molar-refractivity contribution in [2.75, 3.05) is 12.9 Å². The number of carboxylic acid groups (broad SMARTS) is 1. The summed E-state index contributed by atoms with van der Waals surface area (Å²) in [6, 6.07) is 0. The molecule has 0 amide bonds. The van der Waals surface area contributed by atoms with Gasteiger partial charge in [0.05, 0.1) is 25.1 Å². The Labute approximate surface area is 143 Å². The van der Waals surface area contributed by atoms with E-state index in [1.807, 2.05) is 12.2 Å². The van der Waals surface area contributed by atoms with Gasteiger partial charge in [-0.25, -0.2) is 0 Å². The molecule has 1 saturated carbocycles. The van der Waals surface area contributed by atoms with E-state index in [2.05, 4.69) is 0 Å². The van der Waals surface area contributed by atoms with Gasteiger partial charge in [0.15, 0.2) is 0 Å². The molecule has 7 nitrogen and oxygen atoms in total. The van der Waals surface area contributed by atoms with E-state index < -0.39 is 28.3 Å². The minimum atomic E-state index is -3.59. The molecule has 0 radical (unpaired) electrons. The highest BCUT2D eigenvalue weighted by Crippen LogP contribution is 2.37. The van der Waals surface area contributed by atoms with Crippen LogP contribution in [0.1, 0.15) is 44.9 Å². The van der Waals surface area contributed by atoms with Gasteiger partial charge in [0.25, 0.3) is 10.1 Å². The Bertz CT molecular complexity index is 515. The van der Waals surface area contributed by atoms with E-state index in [9.17, 15) is 23.4 Å². The molecule has 2 unspecified atom stereocenters. The zero-order valence-electron chi connectivity index (χ0n) is 14.0. The summed E-state index contributed by atoms with van der Waals surface area (Å²) in [5.74, 6) is -1.26. The molecule has 0 bridgehead atoms. The Kier molecular flexibility index (Phi) is 8.90. The van der Waals surface area contributed by atoms with Crippen molar-refractivity contribution in [2.45, 2.75) is 57.2 Å². The maximum atomic E-state index is 11.5. The molecular formula is C16H28O7S. The number of aliphatic carboxylic acids is 1. The van der Waals surface area contributed by atoms with Crippen LogP contribution in [-0.2, 0) is 19.1 Å². The van der Waals surface area contributed by atoms with Crippen molar-refractivity contribution in [3.05, 3.63) is 12.2 Å². The van der Waals surface area contributed by atoms with E-state index in [0.717, 1.165) is 12.7 Å². The van der Waals surface area contributed by atoms with Crippen LogP contribution in [0.2, 0.25) is 0 Å². The summed E-state index contributed by atoms with van der Waals surface area (Å²) >= 11 is 0. The highest BCUT2D eigenvalue weighted by molar-refractivity contribution is 7.86. The lowest BCUT2D eigenvalue weighted by Gasteiger charge is -2.38. The Morgan fingerprint density at radius 2 is 2.04 bits per heavy atom. The maximum absolute atomic E-state index is 11.5. The second-order valence-electron chi connectivity index (χ2n) is 6.34. The highest BCUT2D eigenvalue weighted by Gasteiger charge is 2.38. The van der Waals surface area contributed by atoms with Crippen LogP contribution in [0, 0.1) is 11.8 Å². The molecule has 0 saturated heterocycles. The van der Waals surface area contributed by atoms with Gasteiger partial charge in [0.1, 0.15) is 0 Å². The number of carboxylic acids is 1. The van der Waals surface area contributed by atoms with Crippen molar-refractivity contribution in [2.24, 2.45) is 11.8 Å². The summed E-state index contributed by atoms with van der Waals surface area (Å²) < 4.78 is 28.1. The summed E-state index contributed by atoms with van der Waals surface area (Å²) in [6.07, 6.45) is 7.21. The molecule has 0 aromatic rings. The molecule has 1 aliphatic rings. The molecule has 0 spiro atoms. The van der Waals surface area contributed by atoms with Crippen molar-refractivity contribution in [3.8, 4) is 0 Å². The van der Waals surface area contributed by atoms with Crippen LogP contribution in [0.25, 0.3) is 0 Å². The Morgan fingerprint density at radius 3 is 2.62 bits per heavy atom. The van der Waals surface area contributed by atoms with E-state index in [-0.39, 0.29) is 24.9 Å². The predicted molar refractivity (Wildman–Crippen MR) is 88.9 cm³/mol. The molecule has 140 valence electrons. The Balaban J connectivity index is 2.70. The van der Waals surface area contributed by atoms with Crippen LogP contribution in [0.5, 0.6) is 0 Å². The first-order valence-corrected chi connectivity index (χ1v) is 10.1. The standard InChI is InChI=1S/C16H28O7S/c1-24(21,22)23-15-9-6-8-12(14(18)11-17)13(15)7-4-2-3-5-10-16(19)20/h2,4,12-15,17-18H,3,5-11H2,1H3,(H,19,20)/t12-,13?,14?,15+/m1/s1. The summed E-state index contributed by atoms with van der Waals surface area (Å²) in [5, 5.41) is 27.9. The molecule has 3 N–H and O–H groups in total. The number of aliphatic hydroxyl groups excluding tert-OH is 2. The number of unbranched alkanes of at least 4 members (excludes halogenated alkanes) is 1. The molecule has 1 fully saturated rings. The fraction of sp³-hybridized carbons (Fsp3) is 0.812. The number of rotatable bonds is 10. The van der Waals surface area contributed by atoms with Crippen molar-refractivity contribution in [1.82, 2.24) is 0 Å². The lowest BCUT2D eigenvalue weighted by atomic mass is 9.73. The van der Waals surface area contributed by atoms with E-state index in [1.54, 1.807) is 0 Å². The van der Waals surface area contributed by atoms with Gasteiger partial charge in [-0.1, -0.05) is 18.6 Å². The number of hydrogen-bond acceptors (Lipinski definition) is 6. The summed E-state index contributed by atoms with van der Waals surface area (Å²) in [7, 11) is -3.59. The fourth-order valence-corrected chi connectivity index (χ4v) is 3.97. The molecule has 0 aromatic carbocycles. The van der Waals surface area contributed by atoms with Crippen LogP contribution in [0.4, 0.5) is 0 Å². The Hall–Kier alpha value is -0.960. The molecule has 24 heavy (non-hydrogen) atoms. The number of allylic oxidation sites excluding steroid dienone is 2. The summed E-state index contributed by atoms with van der Waals surface area (Å²) in [4.78, 5) is 10.5. The lowest BCUT2D eigenvalue weighted by Crippen LogP contribution is -2.42. The zero-order valence-corrected chi connectivity index (χ0v) is 14.8. The number of aliphatic hydroxyl groups is 2. The van der Waals surface area contributed by atoms with Gasteiger partial charge in [-0.2, -0.15) is 8.42 Å². The van der Waals surface area contributed by atoms with E-state index in [4.69, 9.17) is 9.29 Å². The van der Waals surface area contributed by atoms with Crippen LogP contribution in [0.3, 0.4) is 0 Å². The minimum absolute atomic E-state index is 0.111. The van der Waals surface area contributed by atoms with Gasteiger partial charge >= 0.3 is 5.97 Å². The predicted octanol–water partition coefficient (Wildman–Crippen LogP) is 1.30. The third-order valence-electron chi connectivity index (χ3n) is 4.37. The minimum Gasteiger partial charge on any atom is -0.481 e. The monoisotopic (exact) mass is 364 g/mol. The lowest BCUT2D eigenvalue weighted by molar-refractivity contribution is -0.137. The van der Waals surface area contributed by atoms with E-state index in [1.165, 1.54) is 0 Å². The van der Waals surface area contributed by atoms with E-state index in [0.29, 0.717) is 32.1 Å². The van der Waals surface area contributed by atoms with Crippen molar-refractivity contribution < 1.29 is 32.7 Å².